The highest BCUT2D eigenvalue weighted by molar-refractivity contribution is 5.89. The van der Waals surface area contributed by atoms with Gasteiger partial charge in [-0.15, -0.1) is 0 Å². The summed E-state index contributed by atoms with van der Waals surface area (Å²) < 4.78 is 2.11. The summed E-state index contributed by atoms with van der Waals surface area (Å²) in [4.78, 5) is 9.26. The summed E-state index contributed by atoms with van der Waals surface area (Å²) in [6.45, 7) is 6.83. The normalized spacial score (nSPS) is 14.5. The molecule has 5 heteroatoms. The van der Waals surface area contributed by atoms with Crippen LogP contribution in [-0.2, 0) is 19.3 Å². The number of pyridine rings is 1. The number of aryl methyl sites for hydroxylation is 3. The molecule has 20 heavy (non-hydrogen) atoms. The smallest absolute Gasteiger partial charge is 0.151 e. The largest absolute Gasteiger partial charge is 0.382 e. The lowest BCUT2D eigenvalue weighted by molar-refractivity contribution is 0.669. The molecule has 0 saturated heterocycles. The number of nitrogens with one attached hydrogen (secondary N) is 1. The molecule has 0 fully saturated rings. The van der Waals surface area contributed by atoms with Crippen molar-refractivity contribution in [1.82, 2.24) is 14.6 Å². The van der Waals surface area contributed by atoms with Gasteiger partial charge in [-0.2, -0.15) is 0 Å². The van der Waals surface area contributed by atoms with Gasteiger partial charge in [-0.1, -0.05) is 13.8 Å². The van der Waals surface area contributed by atoms with E-state index in [1.807, 2.05) is 0 Å². The molecular weight excluding hydrogens is 250 g/mol. The van der Waals surface area contributed by atoms with Crippen molar-refractivity contribution in [2.75, 3.05) is 17.7 Å². The van der Waals surface area contributed by atoms with Crippen molar-refractivity contribution in [2.24, 2.45) is 0 Å². The highest BCUT2D eigenvalue weighted by Crippen LogP contribution is 2.30. The van der Waals surface area contributed by atoms with E-state index < -0.39 is 0 Å². The first-order valence-electron chi connectivity index (χ1n) is 7.48. The number of fused-ring (bicyclic) bond motifs is 3. The first-order valence-corrected chi connectivity index (χ1v) is 7.48. The zero-order valence-electron chi connectivity index (χ0n) is 12.1. The molecule has 1 aliphatic carbocycles. The SMILES string of the molecule is [CH2]CCNn1c(CC)nc2c(N)nc3c(c21)CCCC3. The zero-order chi connectivity index (χ0) is 14.1. The predicted octanol–water partition coefficient (Wildman–Crippen LogP) is 2.22. The van der Waals surface area contributed by atoms with Gasteiger partial charge in [0.1, 0.15) is 11.3 Å². The van der Waals surface area contributed by atoms with Crippen LogP contribution in [-0.4, -0.2) is 21.2 Å². The summed E-state index contributed by atoms with van der Waals surface area (Å²) in [6, 6.07) is 0. The third kappa shape index (κ3) is 2.01. The third-order valence-electron chi connectivity index (χ3n) is 3.93. The first-order chi connectivity index (χ1) is 9.76. The summed E-state index contributed by atoms with van der Waals surface area (Å²) in [6.07, 6.45) is 6.22. The number of rotatable bonds is 4. The van der Waals surface area contributed by atoms with Gasteiger partial charge in [-0.05, 0) is 32.1 Å². The summed E-state index contributed by atoms with van der Waals surface area (Å²) in [7, 11) is 0. The Bertz CT molecular complexity index is 629. The second kappa shape index (κ2) is 5.31. The molecule has 3 N–H and O–H groups in total. The Morgan fingerprint density at radius 1 is 1.30 bits per heavy atom. The van der Waals surface area contributed by atoms with Gasteiger partial charge in [-0.25, -0.2) is 14.6 Å². The van der Waals surface area contributed by atoms with Crippen molar-refractivity contribution >= 4 is 16.9 Å². The molecule has 5 nitrogen and oxygen atoms in total. The molecule has 0 saturated carbocycles. The van der Waals surface area contributed by atoms with Crippen LogP contribution in [0.4, 0.5) is 5.82 Å². The van der Waals surface area contributed by atoms with Gasteiger partial charge in [0.2, 0.25) is 0 Å². The number of anilines is 1. The summed E-state index contributed by atoms with van der Waals surface area (Å²) in [5, 5.41) is 0. The number of imidazole rings is 1. The fraction of sp³-hybridized carbons (Fsp3) is 0.533. The van der Waals surface area contributed by atoms with Crippen LogP contribution in [0.3, 0.4) is 0 Å². The molecule has 0 aromatic carbocycles. The maximum absolute atomic E-state index is 6.12. The minimum atomic E-state index is 0.561. The lowest BCUT2D eigenvalue weighted by Gasteiger charge is -2.18. The Balaban J connectivity index is 2.25. The molecular formula is C15H22N5. The summed E-state index contributed by atoms with van der Waals surface area (Å²) in [5.41, 5.74) is 14.0. The van der Waals surface area contributed by atoms with Crippen molar-refractivity contribution in [3.05, 3.63) is 24.0 Å². The van der Waals surface area contributed by atoms with Crippen LogP contribution in [0.2, 0.25) is 0 Å². The number of hydrogen-bond acceptors (Lipinski definition) is 4. The number of nitrogen functional groups attached to an aromatic ring is 1. The maximum atomic E-state index is 6.12. The molecule has 0 atom stereocenters. The standard InChI is InChI=1S/C15H22N5/c1-3-9-17-20-12(4-2)19-13-14(20)10-7-5-6-8-11(10)18-15(13)16/h17H,1,3-9H2,2H3,(H2,16,18). The summed E-state index contributed by atoms with van der Waals surface area (Å²) in [5.74, 6) is 1.58. The van der Waals surface area contributed by atoms with Gasteiger partial charge in [0.25, 0.3) is 0 Å². The maximum Gasteiger partial charge on any atom is 0.151 e. The Hall–Kier alpha value is -1.78. The van der Waals surface area contributed by atoms with Gasteiger partial charge in [0.15, 0.2) is 5.82 Å². The van der Waals surface area contributed by atoms with Crippen molar-refractivity contribution in [2.45, 2.75) is 45.4 Å². The van der Waals surface area contributed by atoms with Gasteiger partial charge < -0.3 is 11.2 Å². The lowest BCUT2D eigenvalue weighted by atomic mass is 9.95. The topological polar surface area (TPSA) is 68.8 Å². The Morgan fingerprint density at radius 2 is 2.10 bits per heavy atom. The highest BCUT2D eigenvalue weighted by atomic mass is 15.4. The van der Waals surface area contributed by atoms with Crippen LogP contribution in [0.5, 0.6) is 0 Å². The number of nitrogens with zero attached hydrogens (tertiary/aromatic N) is 3. The molecule has 0 bridgehead atoms. The van der Waals surface area contributed by atoms with Gasteiger partial charge in [-0.3, -0.25) is 0 Å². The van der Waals surface area contributed by atoms with Crippen LogP contribution in [0.15, 0.2) is 0 Å². The number of nitrogens with two attached hydrogens (primary N) is 1. The van der Waals surface area contributed by atoms with E-state index in [9.17, 15) is 0 Å². The molecule has 1 aliphatic rings. The van der Waals surface area contributed by atoms with E-state index in [0.29, 0.717) is 5.82 Å². The molecule has 107 valence electrons. The van der Waals surface area contributed by atoms with Crippen molar-refractivity contribution < 1.29 is 0 Å². The second-order valence-electron chi connectivity index (χ2n) is 5.31. The second-order valence-corrected chi connectivity index (χ2v) is 5.31. The van der Waals surface area contributed by atoms with E-state index in [1.165, 1.54) is 18.4 Å². The van der Waals surface area contributed by atoms with Crippen LogP contribution in [0, 0.1) is 6.92 Å². The van der Waals surface area contributed by atoms with Crippen molar-refractivity contribution in [1.29, 1.82) is 0 Å². The van der Waals surface area contributed by atoms with Gasteiger partial charge >= 0.3 is 0 Å². The Labute approximate surface area is 119 Å². The minimum Gasteiger partial charge on any atom is -0.382 e. The van der Waals surface area contributed by atoms with E-state index in [4.69, 9.17) is 5.73 Å². The molecule has 2 aromatic heterocycles. The minimum absolute atomic E-state index is 0.561. The number of hydrogen-bond donors (Lipinski definition) is 2. The predicted molar refractivity (Wildman–Crippen MR) is 82.2 cm³/mol. The average molecular weight is 272 g/mol. The molecule has 0 unspecified atom stereocenters. The Morgan fingerprint density at radius 3 is 2.85 bits per heavy atom. The molecule has 3 rings (SSSR count). The van der Waals surface area contributed by atoms with E-state index in [2.05, 4.69) is 33.9 Å². The first kappa shape index (κ1) is 13.2. The average Bonchev–Trinajstić information content (AvgIpc) is 2.84. The number of aromatic nitrogens is 3. The van der Waals surface area contributed by atoms with Crippen LogP contribution >= 0.6 is 0 Å². The molecule has 2 aromatic rings. The quantitative estimate of drug-likeness (QED) is 0.895. The monoisotopic (exact) mass is 272 g/mol. The summed E-state index contributed by atoms with van der Waals surface area (Å²) >= 11 is 0. The van der Waals surface area contributed by atoms with Crippen molar-refractivity contribution in [3.63, 3.8) is 0 Å². The van der Waals surface area contributed by atoms with Crippen LogP contribution in [0.1, 0.15) is 43.3 Å². The molecule has 1 radical (unpaired) electrons. The molecule has 0 aliphatic heterocycles. The molecule has 0 spiro atoms. The third-order valence-corrected chi connectivity index (χ3v) is 3.93. The fourth-order valence-electron chi connectivity index (χ4n) is 2.99. The van der Waals surface area contributed by atoms with Gasteiger partial charge in [0, 0.05) is 24.2 Å². The van der Waals surface area contributed by atoms with Crippen LogP contribution < -0.4 is 11.2 Å². The highest BCUT2D eigenvalue weighted by Gasteiger charge is 2.22. The van der Waals surface area contributed by atoms with E-state index in [0.717, 1.165) is 54.8 Å². The fourth-order valence-corrected chi connectivity index (χ4v) is 2.99. The van der Waals surface area contributed by atoms with Crippen molar-refractivity contribution in [3.8, 4) is 0 Å². The Kier molecular flexibility index (Phi) is 3.51. The molecule has 2 heterocycles. The zero-order valence-corrected chi connectivity index (χ0v) is 12.1. The van der Waals surface area contributed by atoms with Gasteiger partial charge in [0.05, 0.1) is 5.52 Å². The van der Waals surface area contributed by atoms with E-state index >= 15 is 0 Å². The lowest BCUT2D eigenvalue weighted by Crippen LogP contribution is -2.20. The molecule has 0 amide bonds. The van der Waals surface area contributed by atoms with E-state index in [1.54, 1.807) is 0 Å². The van der Waals surface area contributed by atoms with Crippen LogP contribution in [0.25, 0.3) is 11.0 Å². The van der Waals surface area contributed by atoms with E-state index in [-0.39, 0.29) is 0 Å².